The van der Waals surface area contributed by atoms with Crippen molar-refractivity contribution < 1.29 is 9.47 Å². The fourth-order valence-electron chi connectivity index (χ4n) is 2.10. The first-order valence-electron chi connectivity index (χ1n) is 6.42. The Morgan fingerprint density at radius 2 is 2.39 bits per heavy atom. The molecule has 0 spiro atoms. The largest absolute Gasteiger partial charge is 0.492 e. The van der Waals surface area contributed by atoms with Gasteiger partial charge in [0.1, 0.15) is 12.4 Å². The van der Waals surface area contributed by atoms with E-state index in [1.54, 1.807) is 0 Å². The van der Waals surface area contributed by atoms with Crippen LogP contribution in [0.5, 0.6) is 5.75 Å². The molecular weight excluding hydrogens is 294 g/mol. The lowest BCUT2D eigenvalue weighted by molar-refractivity contribution is 0.0771. The highest BCUT2D eigenvalue weighted by molar-refractivity contribution is 9.10. The molecule has 0 saturated carbocycles. The van der Waals surface area contributed by atoms with Crippen molar-refractivity contribution in [2.75, 3.05) is 33.4 Å². The van der Waals surface area contributed by atoms with E-state index in [1.807, 2.05) is 24.3 Å². The molecule has 1 aliphatic rings. The Kier molecular flexibility index (Phi) is 5.47. The van der Waals surface area contributed by atoms with Crippen LogP contribution in [0.4, 0.5) is 0 Å². The molecule has 0 amide bonds. The summed E-state index contributed by atoms with van der Waals surface area (Å²) >= 11 is 3.43. The van der Waals surface area contributed by atoms with Crippen molar-refractivity contribution in [2.24, 2.45) is 0 Å². The van der Waals surface area contributed by atoms with Gasteiger partial charge in [-0.1, -0.05) is 22.0 Å². The topological polar surface area (TPSA) is 21.7 Å². The van der Waals surface area contributed by atoms with Crippen molar-refractivity contribution in [3.8, 4) is 5.75 Å². The summed E-state index contributed by atoms with van der Waals surface area (Å²) in [6.45, 7) is 3.56. The first-order chi connectivity index (χ1) is 8.74. The van der Waals surface area contributed by atoms with E-state index in [9.17, 15) is 0 Å². The molecule has 18 heavy (non-hydrogen) atoms. The molecule has 0 aliphatic carbocycles. The van der Waals surface area contributed by atoms with Crippen molar-refractivity contribution in [1.82, 2.24) is 4.90 Å². The second kappa shape index (κ2) is 7.12. The molecule has 0 radical (unpaired) electrons. The highest BCUT2D eigenvalue weighted by Gasteiger charge is 2.16. The molecule has 1 heterocycles. The Labute approximate surface area is 117 Å². The Morgan fingerprint density at radius 1 is 1.50 bits per heavy atom. The van der Waals surface area contributed by atoms with E-state index in [2.05, 4.69) is 27.9 Å². The van der Waals surface area contributed by atoms with Gasteiger partial charge in [0.05, 0.1) is 6.10 Å². The summed E-state index contributed by atoms with van der Waals surface area (Å²) in [6.07, 6.45) is 2.81. The molecule has 0 bridgehead atoms. The van der Waals surface area contributed by atoms with Gasteiger partial charge in [-0.05, 0) is 38.1 Å². The number of benzene rings is 1. The molecule has 0 aromatic heterocycles. The van der Waals surface area contributed by atoms with Crippen LogP contribution < -0.4 is 4.74 Å². The Bertz CT molecular complexity index is 367. The zero-order chi connectivity index (χ0) is 12.8. The molecule has 1 atom stereocenters. The Balaban J connectivity index is 1.65. The summed E-state index contributed by atoms with van der Waals surface area (Å²) in [7, 11) is 2.12. The molecule has 1 aromatic rings. The van der Waals surface area contributed by atoms with E-state index >= 15 is 0 Å². The maximum absolute atomic E-state index is 5.71. The van der Waals surface area contributed by atoms with Gasteiger partial charge in [0.15, 0.2) is 0 Å². The van der Waals surface area contributed by atoms with E-state index in [1.165, 1.54) is 12.8 Å². The molecule has 1 aromatic carbocycles. The molecule has 2 rings (SSSR count). The summed E-state index contributed by atoms with van der Waals surface area (Å²) in [5.41, 5.74) is 0. The monoisotopic (exact) mass is 313 g/mol. The summed E-state index contributed by atoms with van der Waals surface area (Å²) in [5, 5.41) is 0. The first-order valence-corrected chi connectivity index (χ1v) is 7.22. The van der Waals surface area contributed by atoms with E-state index in [-0.39, 0.29) is 0 Å². The molecule has 1 aliphatic heterocycles. The third-order valence-corrected chi connectivity index (χ3v) is 3.57. The SMILES string of the molecule is CN(CCOc1cccc(Br)c1)CC1CCCO1. The predicted molar refractivity (Wildman–Crippen MR) is 76.1 cm³/mol. The smallest absolute Gasteiger partial charge is 0.120 e. The summed E-state index contributed by atoms with van der Waals surface area (Å²) in [4.78, 5) is 2.27. The number of rotatable bonds is 6. The van der Waals surface area contributed by atoms with Crippen molar-refractivity contribution in [3.05, 3.63) is 28.7 Å². The van der Waals surface area contributed by atoms with Gasteiger partial charge in [-0.2, -0.15) is 0 Å². The number of nitrogens with zero attached hydrogens (tertiary/aromatic N) is 1. The van der Waals surface area contributed by atoms with Gasteiger partial charge < -0.3 is 14.4 Å². The van der Waals surface area contributed by atoms with Crippen LogP contribution in [0.2, 0.25) is 0 Å². The van der Waals surface area contributed by atoms with Gasteiger partial charge in [0.25, 0.3) is 0 Å². The van der Waals surface area contributed by atoms with E-state index in [0.717, 1.165) is 29.9 Å². The van der Waals surface area contributed by atoms with Crippen molar-refractivity contribution in [3.63, 3.8) is 0 Å². The molecule has 1 saturated heterocycles. The summed E-state index contributed by atoms with van der Waals surface area (Å²) in [5.74, 6) is 0.912. The quantitative estimate of drug-likeness (QED) is 0.806. The summed E-state index contributed by atoms with van der Waals surface area (Å²) < 4.78 is 12.4. The minimum atomic E-state index is 0.417. The van der Waals surface area contributed by atoms with Crippen LogP contribution in [0.25, 0.3) is 0 Å². The second-order valence-corrected chi connectivity index (χ2v) is 5.62. The zero-order valence-corrected chi connectivity index (χ0v) is 12.4. The third-order valence-electron chi connectivity index (χ3n) is 3.08. The summed E-state index contributed by atoms with van der Waals surface area (Å²) in [6, 6.07) is 7.94. The lowest BCUT2D eigenvalue weighted by Crippen LogP contribution is -2.32. The van der Waals surface area contributed by atoms with Crippen LogP contribution in [0.3, 0.4) is 0 Å². The number of ether oxygens (including phenoxy) is 2. The maximum atomic E-state index is 5.71. The molecule has 4 heteroatoms. The van der Waals surface area contributed by atoms with Crippen molar-refractivity contribution in [2.45, 2.75) is 18.9 Å². The molecule has 1 unspecified atom stereocenters. The predicted octanol–water partition coefficient (Wildman–Crippen LogP) is 2.94. The molecule has 1 fully saturated rings. The van der Waals surface area contributed by atoms with Crippen LogP contribution >= 0.6 is 15.9 Å². The fraction of sp³-hybridized carbons (Fsp3) is 0.571. The van der Waals surface area contributed by atoms with Crippen LogP contribution in [0.15, 0.2) is 28.7 Å². The average Bonchev–Trinajstić information content (AvgIpc) is 2.82. The van der Waals surface area contributed by atoms with Gasteiger partial charge in [-0.15, -0.1) is 0 Å². The van der Waals surface area contributed by atoms with Gasteiger partial charge in [-0.25, -0.2) is 0 Å². The van der Waals surface area contributed by atoms with Crippen molar-refractivity contribution in [1.29, 1.82) is 0 Å². The van der Waals surface area contributed by atoms with Crippen molar-refractivity contribution >= 4 is 15.9 Å². The standard InChI is InChI=1S/C14H20BrNO2/c1-16(11-14-6-3-8-17-14)7-9-18-13-5-2-4-12(15)10-13/h2,4-5,10,14H,3,6-9,11H2,1H3. The molecule has 100 valence electrons. The minimum absolute atomic E-state index is 0.417. The number of likely N-dealkylation sites (N-methyl/N-ethyl adjacent to an activating group) is 1. The lowest BCUT2D eigenvalue weighted by Gasteiger charge is -2.20. The molecule has 0 N–H and O–H groups in total. The zero-order valence-electron chi connectivity index (χ0n) is 10.8. The van der Waals surface area contributed by atoms with E-state index < -0.39 is 0 Å². The normalized spacial score (nSPS) is 19.4. The van der Waals surface area contributed by atoms with Crippen LogP contribution in [-0.4, -0.2) is 44.4 Å². The number of hydrogen-bond acceptors (Lipinski definition) is 3. The third kappa shape index (κ3) is 4.59. The van der Waals surface area contributed by atoms with Crippen LogP contribution in [0, 0.1) is 0 Å². The molecule has 3 nitrogen and oxygen atoms in total. The van der Waals surface area contributed by atoms with E-state index in [4.69, 9.17) is 9.47 Å². The van der Waals surface area contributed by atoms with E-state index in [0.29, 0.717) is 12.7 Å². The molecular formula is C14H20BrNO2. The van der Waals surface area contributed by atoms with Crippen LogP contribution in [-0.2, 0) is 4.74 Å². The number of hydrogen-bond donors (Lipinski definition) is 0. The first kappa shape index (κ1) is 13.8. The Hall–Kier alpha value is -0.580. The second-order valence-electron chi connectivity index (χ2n) is 4.70. The van der Waals surface area contributed by atoms with Gasteiger partial charge >= 0.3 is 0 Å². The fourth-order valence-corrected chi connectivity index (χ4v) is 2.48. The van der Waals surface area contributed by atoms with Gasteiger partial charge in [-0.3, -0.25) is 0 Å². The highest BCUT2D eigenvalue weighted by Crippen LogP contribution is 2.17. The number of halogens is 1. The van der Waals surface area contributed by atoms with Crippen LogP contribution in [0.1, 0.15) is 12.8 Å². The Morgan fingerprint density at radius 3 is 3.11 bits per heavy atom. The van der Waals surface area contributed by atoms with Gasteiger partial charge in [0.2, 0.25) is 0 Å². The highest BCUT2D eigenvalue weighted by atomic mass is 79.9. The lowest BCUT2D eigenvalue weighted by atomic mass is 10.2. The average molecular weight is 314 g/mol. The maximum Gasteiger partial charge on any atom is 0.120 e. The van der Waals surface area contributed by atoms with Gasteiger partial charge in [0, 0.05) is 24.2 Å². The minimum Gasteiger partial charge on any atom is -0.492 e.